The number of fused-ring (bicyclic) bond motifs is 1. The van der Waals surface area contributed by atoms with Crippen molar-refractivity contribution >= 4 is 56.5 Å². The highest BCUT2D eigenvalue weighted by Gasteiger charge is 2.48. The van der Waals surface area contributed by atoms with E-state index in [0.717, 1.165) is 33.7 Å². The third-order valence-corrected chi connectivity index (χ3v) is 9.55. The molecule has 222 valence electrons. The Hall–Kier alpha value is -4.74. The molecule has 1 fully saturated rings. The maximum absolute atomic E-state index is 14.5. The standard InChI is InChI=1S/C33H26FN3O5S2/c1-18-11-12-21(15-24(18)34)29(38)27-28(20-13-14-25(41-2)26(16-20)42-3)37(31(40)30(27)39)32-35-36-33(44-32)43-17-22-9-6-8-19-7-4-5-10-23(19)22/h4-16,28,38H,17H2,1-3H3/t28-/m1/s1. The summed E-state index contributed by atoms with van der Waals surface area (Å²) in [6.45, 7) is 1.59. The summed E-state index contributed by atoms with van der Waals surface area (Å²) in [4.78, 5) is 28.4. The molecule has 0 saturated carbocycles. The van der Waals surface area contributed by atoms with Crippen LogP contribution in [0.25, 0.3) is 16.5 Å². The Kier molecular flexibility index (Phi) is 8.07. The minimum absolute atomic E-state index is 0.0696. The summed E-state index contributed by atoms with van der Waals surface area (Å²) in [5, 5.41) is 22.4. The first kappa shape index (κ1) is 29.3. The number of anilines is 1. The average Bonchev–Trinajstić information content (AvgIpc) is 3.62. The molecule has 1 saturated heterocycles. The van der Waals surface area contributed by atoms with Crippen molar-refractivity contribution in [1.29, 1.82) is 0 Å². The molecule has 0 aliphatic carbocycles. The molecule has 1 aliphatic rings. The second-order valence-electron chi connectivity index (χ2n) is 10.0. The molecule has 0 radical (unpaired) electrons. The van der Waals surface area contributed by atoms with Gasteiger partial charge in [-0.2, -0.15) is 0 Å². The van der Waals surface area contributed by atoms with Crippen LogP contribution in [-0.4, -0.2) is 41.2 Å². The maximum atomic E-state index is 14.5. The number of nitrogens with zero attached hydrogens (tertiary/aromatic N) is 3. The van der Waals surface area contributed by atoms with Crippen LogP contribution in [0.15, 0.2) is 88.8 Å². The normalized spacial score (nSPS) is 16.1. The molecule has 4 aromatic carbocycles. The van der Waals surface area contributed by atoms with Gasteiger partial charge >= 0.3 is 5.91 Å². The average molecular weight is 628 g/mol. The lowest BCUT2D eigenvalue weighted by molar-refractivity contribution is -0.132. The monoisotopic (exact) mass is 627 g/mol. The van der Waals surface area contributed by atoms with Crippen LogP contribution in [0.1, 0.15) is 28.3 Å². The summed E-state index contributed by atoms with van der Waals surface area (Å²) >= 11 is 2.63. The lowest BCUT2D eigenvalue weighted by Crippen LogP contribution is -2.29. The van der Waals surface area contributed by atoms with Crippen LogP contribution < -0.4 is 14.4 Å². The van der Waals surface area contributed by atoms with E-state index in [0.29, 0.717) is 32.7 Å². The molecule has 1 N–H and O–H groups in total. The van der Waals surface area contributed by atoms with Crippen LogP contribution in [0.3, 0.4) is 0 Å². The van der Waals surface area contributed by atoms with E-state index in [4.69, 9.17) is 9.47 Å². The number of ketones is 1. The predicted octanol–water partition coefficient (Wildman–Crippen LogP) is 7.07. The number of Topliss-reactive ketones (excluding diaryl/α,β-unsaturated/α-hetero) is 1. The molecule has 11 heteroatoms. The zero-order chi connectivity index (χ0) is 31.0. The van der Waals surface area contributed by atoms with Crippen molar-refractivity contribution in [3.63, 3.8) is 0 Å². The van der Waals surface area contributed by atoms with Gasteiger partial charge in [0, 0.05) is 11.3 Å². The van der Waals surface area contributed by atoms with E-state index in [9.17, 15) is 19.1 Å². The minimum Gasteiger partial charge on any atom is -0.507 e. The second-order valence-corrected chi connectivity index (χ2v) is 12.2. The fourth-order valence-corrected chi connectivity index (χ4v) is 7.05. The van der Waals surface area contributed by atoms with Gasteiger partial charge < -0.3 is 14.6 Å². The van der Waals surface area contributed by atoms with E-state index in [-0.39, 0.29) is 16.3 Å². The molecule has 5 aromatic rings. The van der Waals surface area contributed by atoms with E-state index in [1.165, 1.54) is 43.0 Å². The fraction of sp³-hybridized carbons (Fsp3) is 0.152. The number of hydrogen-bond acceptors (Lipinski definition) is 9. The number of thioether (sulfide) groups is 1. The van der Waals surface area contributed by atoms with Gasteiger partial charge in [-0.15, -0.1) is 10.2 Å². The Balaban J connectivity index is 1.41. The molecule has 6 rings (SSSR count). The van der Waals surface area contributed by atoms with Crippen LogP contribution in [-0.2, 0) is 15.3 Å². The van der Waals surface area contributed by atoms with Crippen molar-refractivity contribution in [2.45, 2.75) is 23.1 Å². The Labute approximate surface area is 260 Å². The number of rotatable bonds is 8. The topological polar surface area (TPSA) is 102 Å². The molecule has 1 aromatic heterocycles. The van der Waals surface area contributed by atoms with E-state index < -0.39 is 29.3 Å². The minimum atomic E-state index is -1.09. The van der Waals surface area contributed by atoms with Crippen LogP contribution in [0.2, 0.25) is 0 Å². The Morgan fingerprint density at radius 2 is 1.75 bits per heavy atom. The fourth-order valence-electron chi connectivity index (χ4n) is 5.18. The van der Waals surface area contributed by atoms with Gasteiger partial charge in [0.25, 0.3) is 5.78 Å². The molecule has 1 aliphatic heterocycles. The van der Waals surface area contributed by atoms with E-state index in [1.54, 1.807) is 25.1 Å². The lowest BCUT2D eigenvalue weighted by Gasteiger charge is -2.23. The maximum Gasteiger partial charge on any atom is 0.301 e. The summed E-state index contributed by atoms with van der Waals surface area (Å²) in [5.74, 6) is -1.45. The van der Waals surface area contributed by atoms with Gasteiger partial charge in [-0.25, -0.2) is 4.39 Å². The van der Waals surface area contributed by atoms with Crippen molar-refractivity contribution in [1.82, 2.24) is 10.2 Å². The Morgan fingerprint density at radius 3 is 2.52 bits per heavy atom. The molecule has 1 atom stereocenters. The van der Waals surface area contributed by atoms with E-state index in [2.05, 4.69) is 34.5 Å². The molecule has 0 unspecified atom stereocenters. The van der Waals surface area contributed by atoms with Crippen LogP contribution in [0.4, 0.5) is 9.52 Å². The van der Waals surface area contributed by atoms with Gasteiger partial charge in [0.2, 0.25) is 5.13 Å². The van der Waals surface area contributed by atoms with Gasteiger partial charge in [0.05, 0.1) is 25.8 Å². The summed E-state index contributed by atoms with van der Waals surface area (Å²) < 4.78 is 25.9. The van der Waals surface area contributed by atoms with Gasteiger partial charge in [-0.3, -0.25) is 14.5 Å². The third-order valence-electron chi connectivity index (χ3n) is 7.45. The second kappa shape index (κ2) is 12.1. The number of amides is 1. The van der Waals surface area contributed by atoms with Gasteiger partial charge in [-0.05, 0) is 52.6 Å². The largest absolute Gasteiger partial charge is 0.507 e. The van der Waals surface area contributed by atoms with Crippen molar-refractivity contribution in [3.8, 4) is 11.5 Å². The molecule has 8 nitrogen and oxygen atoms in total. The van der Waals surface area contributed by atoms with Gasteiger partial charge in [-0.1, -0.05) is 83.8 Å². The number of aliphatic hydroxyl groups is 1. The Bertz CT molecular complexity index is 1950. The highest BCUT2D eigenvalue weighted by molar-refractivity contribution is 8.00. The van der Waals surface area contributed by atoms with E-state index in [1.807, 2.05) is 18.2 Å². The predicted molar refractivity (Wildman–Crippen MR) is 169 cm³/mol. The van der Waals surface area contributed by atoms with Crippen LogP contribution in [0.5, 0.6) is 11.5 Å². The summed E-state index contributed by atoms with van der Waals surface area (Å²) in [7, 11) is 2.96. The molecular weight excluding hydrogens is 602 g/mol. The summed E-state index contributed by atoms with van der Waals surface area (Å²) in [6, 6.07) is 22.2. The number of aliphatic hydroxyl groups excluding tert-OH is 1. The highest BCUT2D eigenvalue weighted by atomic mass is 32.2. The van der Waals surface area contributed by atoms with Gasteiger partial charge in [0.1, 0.15) is 11.6 Å². The SMILES string of the molecule is COc1ccc([C@@H]2C(=C(O)c3ccc(C)c(F)c3)C(=O)C(=O)N2c2nnc(SCc3cccc4ccccc34)s2)cc1OC. The van der Waals surface area contributed by atoms with Crippen molar-refractivity contribution in [2.75, 3.05) is 19.1 Å². The molecule has 2 heterocycles. The number of halogens is 1. The number of benzene rings is 4. The number of aromatic nitrogens is 2. The third kappa shape index (κ3) is 5.29. The van der Waals surface area contributed by atoms with Crippen LogP contribution in [0, 0.1) is 12.7 Å². The van der Waals surface area contributed by atoms with Crippen molar-refractivity contribution < 1.29 is 28.6 Å². The first-order valence-electron chi connectivity index (χ1n) is 13.5. The quantitative estimate of drug-likeness (QED) is 0.0641. The number of ether oxygens (including phenoxy) is 2. The van der Waals surface area contributed by atoms with Crippen molar-refractivity contribution in [3.05, 3.63) is 113 Å². The van der Waals surface area contributed by atoms with Gasteiger partial charge in [0.15, 0.2) is 15.8 Å². The molecule has 1 amide bonds. The number of carbonyl (C=O) groups is 2. The number of methoxy groups -OCH3 is 2. The zero-order valence-corrected chi connectivity index (χ0v) is 25.5. The summed E-state index contributed by atoms with van der Waals surface area (Å²) in [6.07, 6.45) is 0. The molecule has 0 bridgehead atoms. The number of aryl methyl sites for hydroxylation is 1. The first-order chi connectivity index (χ1) is 21.3. The van der Waals surface area contributed by atoms with Crippen LogP contribution >= 0.6 is 23.1 Å². The lowest BCUT2D eigenvalue weighted by atomic mass is 9.94. The number of carbonyl (C=O) groups excluding carboxylic acids is 2. The molecule has 44 heavy (non-hydrogen) atoms. The molecule has 0 spiro atoms. The summed E-state index contributed by atoms with van der Waals surface area (Å²) in [5.41, 5.74) is 1.82. The molecular formula is C33H26FN3O5S2. The number of hydrogen-bond donors (Lipinski definition) is 1. The van der Waals surface area contributed by atoms with E-state index >= 15 is 0 Å². The zero-order valence-electron chi connectivity index (χ0n) is 23.9. The first-order valence-corrected chi connectivity index (χ1v) is 15.3. The Morgan fingerprint density at radius 1 is 0.977 bits per heavy atom. The highest BCUT2D eigenvalue weighted by Crippen LogP contribution is 2.45. The van der Waals surface area contributed by atoms with Crippen molar-refractivity contribution in [2.24, 2.45) is 0 Å². The smallest absolute Gasteiger partial charge is 0.301 e.